The summed E-state index contributed by atoms with van der Waals surface area (Å²) in [6.45, 7) is 5.84. The van der Waals surface area contributed by atoms with Crippen molar-refractivity contribution in [2.75, 3.05) is 19.8 Å². The van der Waals surface area contributed by atoms with E-state index in [0.717, 1.165) is 6.42 Å². The number of nitrogens with zero attached hydrogens (tertiary/aromatic N) is 1. The summed E-state index contributed by atoms with van der Waals surface area (Å²) in [6, 6.07) is 9.70. The summed E-state index contributed by atoms with van der Waals surface area (Å²) in [4.78, 5) is 14.3. The zero-order valence-electron chi connectivity index (χ0n) is 12.3. The summed E-state index contributed by atoms with van der Waals surface area (Å²) in [5.74, 6) is 0.0363. The first-order valence-electron chi connectivity index (χ1n) is 7.19. The van der Waals surface area contributed by atoms with E-state index >= 15 is 0 Å². The number of aryl methyl sites for hydroxylation is 1. The quantitative estimate of drug-likeness (QED) is 0.908. The van der Waals surface area contributed by atoms with E-state index in [1.165, 1.54) is 5.56 Å². The van der Waals surface area contributed by atoms with Crippen LogP contribution < -0.4 is 5.73 Å². The highest BCUT2D eigenvalue weighted by Crippen LogP contribution is 2.20. The van der Waals surface area contributed by atoms with Crippen LogP contribution in [0.2, 0.25) is 0 Å². The number of carbonyl (C=O) groups is 1. The van der Waals surface area contributed by atoms with Crippen molar-refractivity contribution < 1.29 is 9.53 Å². The van der Waals surface area contributed by atoms with Gasteiger partial charge in [-0.2, -0.15) is 0 Å². The van der Waals surface area contributed by atoms with Crippen molar-refractivity contribution in [1.29, 1.82) is 0 Å². The molecule has 20 heavy (non-hydrogen) atoms. The standard InChI is InChI=1S/C16H24N2O2/c1-16(2)12-20-11-10-18(16)15(19)14(17)9-8-13-6-4-3-5-7-13/h3-7,14H,8-12,17H2,1-2H3. The Labute approximate surface area is 120 Å². The highest BCUT2D eigenvalue weighted by Gasteiger charge is 2.35. The van der Waals surface area contributed by atoms with Crippen LogP contribution in [0, 0.1) is 0 Å². The van der Waals surface area contributed by atoms with Gasteiger partial charge in [-0.1, -0.05) is 30.3 Å². The molecule has 1 unspecified atom stereocenters. The first-order chi connectivity index (χ1) is 9.50. The summed E-state index contributed by atoms with van der Waals surface area (Å²) < 4.78 is 5.44. The van der Waals surface area contributed by atoms with Crippen molar-refractivity contribution in [3.8, 4) is 0 Å². The Kier molecular flexibility index (Phi) is 4.78. The van der Waals surface area contributed by atoms with Gasteiger partial charge in [-0.3, -0.25) is 4.79 Å². The minimum Gasteiger partial charge on any atom is -0.377 e. The predicted molar refractivity (Wildman–Crippen MR) is 79.3 cm³/mol. The molecule has 2 rings (SSSR count). The van der Waals surface area contributed by atoms with Gasteiger partial charge in [-0.25, -0.2) is 0 Å². The number of benzene rings is 1. The lowest BCUT2D eigenvalue weighted by Crippen LogP contribution is -2.59. The van der Waals surface area contributed by atoms with Crippen LogP contribution >= 0.6 is 0 Å². The maximum atomic E-state index is 12.5. The van der Waals surface area contributed by atoms with E-state index in [2.05, 4.69) is 12.1 Å². The molecule has 1 heterocycles. The molecule has 1 aromatic carbocycles. The summed E-state index contributed by atoms with van der Waals surface area (Å²) in [5, 5.41) is 0. The molecular formula is C16H24N2O2. The number of rotatable bonds is 4. The Bertz CT molecular complexity index is 445. The summed E-state index contributed by atoms with van der Waals surface area (Å²) >= 11 is 0. The minimum atomic E-state index is -0.437. The number of nitrogens with two attached hydrogens (primary N) is 1. The van der Waals surface area contributed by atoms with E-state index in [-0.39, 0.29) is 11.4 Å². The molecule has 0 saturated carbocycles. The van der Waals surface area contributed by atoms with Gasteiger partial charge in [0.1, 0.15) is 0 Å². The van der Waals surface area contributed by atoms with Crippen LogP contribution in [-0.4, -0.2) is 42.1 Å². The number of morpholine rings is 1. The van der Waals surface area contributed by atoms with Crippen LogP contribution in [0.15, 0.2) is 30.3 Å². The zero-order chi connectivity index (χ0) is 14.6. The van der Waals surface area contributed by atoms with Crippen molar-refractivity contribution >= 4 is 5.91 Å². The molecule has 0 bridgehead atoms. The predicted octanol–water partition coefficient (Wildman–Crippen LogP) is 1.58. The molecule has 0 radical (unpaired) electrons. The Morgan fingerprint density at radius 2 is 2.10 bits per heavy atom. The van der Waals surface area contributed by atoms with E-state index < -0.39 is 6.04 Å². The second kappa shape index (κ2) is 6.37. The molecule has 1 aliphatic heterocycles. The molecular weight excluding hydrogens is 252 g/mol. The normalized spacial score (nSPS) is 19.6. The zero-order valence-corrected chi connectivity index (χ0v) is 12.3. The highest BCUT2D eigenvalue weighted by atomic mass is 16.5. The molecule has 110 valence electrons. The number of hydrogen-bond acceptors (Lipinski definition) is 3. The molecule has 4 heteroatoms. The number of hydrogen-bond donors (Lipinski definition) is 1. The fraction of sp³-hybridized carbons (Fsp3) is 0.562. The number of ether oxygens (including phenoxy) is 1. The van der Waals surface area contributed by atoms with Gasteiger partial charge in [0, 0.05) is 6.54 Å². The first kappa shape index (κ1) is 15.0. The lowest BCUT2D eigenvalue weighted by atomic mass is 9.99. The van der Waals surface area contributed by atoms with Crippen molar-refractivity contribution in [3.63, 3.8) is 0 Å². The molecule has 1 aromatic rings. The molecule has 1 atom stereocenters. The van der Waals surface area contributed by atoms with E-state index in [4.69, 9.17) is 10.5 Å². The van der Waals surface area contributed by atoms with Crippen molar-refractivity contribution in [1.82, 2.24) is 4.90 Å². The molecule has 0 spiro atoms. The van der Waals surface area contributed by atoms with Crippen molar-refractivity contribution in [3.05, 3.63) is 35.9 Å². The van der Waals surface area contributed by atoms with Gasteiger partial charge in [0.25, 0.3) is 0 Å². The first-order valence-corrected chi connectivity index (χ1v) is 7.19. The second-order valence-electron chi connectivity index (χ2n) is 5.99. The van der Waals surface area contributed by atoms with Gasteiger partial charge in [0.15, 0.2) is 0 Å². The van der Waals surface area contributed by atoms with Gasteiger partial charge < -0.3 is 15.4 Å². The summed E-state index contributed by atoms with van der Waals surface area (Å²) in [6.07, 6.45) is 1.51. The third kappa shape index (κ3) is 3.58. The van der Waals surface area contributed by atoms with Crippen LogP contribution in [0.25, 0.3) is 0 Å². The average molecular weight is 276 g/mol. The Morgan fingerprint density at radius 1 is 1.40 bits per heavy atom. The maximum Gasteiger partial charge on any atom is 0.240 e. The Morgan fingerprint density at radius 3 is 2.75 bits per heavy atom. The fourth-order valence-corrected chi connectivity index (χ4v) is 2.56. The maximum absolute atomic E-state index is 12.5. The van der Waals surface area contributed by atoms with Gasteiger partial charge in [-0.05, 0) is 32.3 Å². The summed E-state index contributed by atoms with van der Waals surface area (Å²) in [7, 11) is 0. The second-order valence-corrected chi connectivity index (χ2v) is 5.99. The third-order valence-electron chi connectivity index (χ3n) is 3.82. The molecule has 4 nitrogen and oxygen atoms in total. The van der Waals surface area contributed by atoms with Crippen LogP contribution in [0.4, 0.5) is 0 Å². The smallest absolute Gasteiger partial charge is 0.240 e. The van der Waals surface area contributed by atoms with E-state index in [9.17, 15) is 4.79 Å². The molecule has 1 amide bonds. The molecule has 0 aliphatic carbocycles. The van der Waals surface area contributed by atoms with E-state index in [0.29, 0.717) is 26.2 Å². The molecule has 1 saturated heterocycles. The van der Waals surface area contributed by atoms with Gasteiger partial charge in [-0.15, -0.1) is 0 Å². The molecule has 2 N–H and O–H groups in total. The molecule has 1 aliphatic rings. The fourth-order valence-electron chi connectivity index (χ4n) is 2.56. The van der Waals surface area contributed by atoms with E-state index in [1.807, 2.05) is 36.9 Å². The Balaban J connectivity index is 1.91. The summed E-state index contributed by atoms with van der Waals surface area (Å²) in [5.41, 5.74) is 7.04. The van der Waals surface area contributed by atoms with Gasteiger partial charge >= 0.3 is 0 Å². The molecule has 1 fully saturated rings. The van der Waals surface area contributed by atoms with Gasteiger partial charge in [0.05, 0.1) is 24.8 Å². The lowest BCUT2D eigenvalue weighted by Gasteiger charge is -2.43. The van der Waals surface area contributed by atoms with Crippen LogP contribution in [0.1, 0.15) is 25.8 Å². The van der Waals surface area contributed by atoms with Crippen LogP contribution in [-0.2, 0) is 16.0 Å². The highest BCUT2D eigenvalue weighted by molar-refractivity contribution is 5.82. The average Bonchev–Trinajstić information content (AvgIpc) is 2.44. The van der Waals surface area contributed by atoms with Crippen molar-refractivity contribution in [2.45, 2.75) is 38.3 Å². The largest absolute Gasteiger partial charge is 0.377 e. The number of amides is 1. The Hall–Kier alpha value is -1.39. The van der Waals surface area contributed by atoms with Crippen LogP contribution in [0.5, 0.6) is 0 Å². The third-order valence-corrected chi connectivity index (χ3v) is 3.82. The number of carbonyl (C=O) groups excluding carboxylic acids is 1. The van der Waals surface area contributed by atoms with Crippen molar-refractivity contribution in [2.24, 2.45) is 5.73 Å². The SMILES string of the molecule is CC1(C)COCCN1C(=O)C(N)CCc1ccccc1. The van der Waals surface area contributed by atoms with Gasteiger partial charge in [0.2, 0.25) is 5.91 Å². The monoisotopic (exact) mass is 276 g/mol. The minimum absolute atomic E-state index is 0.0363. The lowest BCUT2D eigenvalue weighted by molar-refractivity contribution is -0.147. The van der Waals surface area contributed by atoms with Crippen LogP contribution in [0.3, 0.4) is 0 Å². The topological polar surface area (TPSA) is 55.6 Å². The van der Waals surface area contributed by atoms with E-state index in [1.54, 1.807) is 0 Å². The molecule has 0 aromatic heterocycles.